The minimum atomic E-state index is -0.516. The van der Waals surface area contributed by atoms with Crippen LogP contribution in [0.25, 0.3) is 0 Å². The van der Waals surface area contributed by atoms with E-state index in [1.165, 1.54) is 0 Å². The van der Waals surface area contributed by atoms with E-state index in [9.17, 15) is 4.79 Å². The lowest BCUT2D eigenvalue weighted by atomic mass is 10.2. The molecule has 0 unspecified atom stereocenters. The van der Waals surface area contributed by atoms with E-state index in [1.807, 2.05) is 39.0 Å². The molecule has 134 valence electrons. The van der Waals surface area contributed by atoms with E-state index >= 15 is 0 Å². The largest absolute Gasteiger partial charge is 0.493 e. The van der Waals surface area contributed by atoms with Gasteiger partial charge in [0.05, 0.1) is 19.8 Å². The van der Waals surface area contributed by atoms with Gasteiger partial charge in [0.1, 0.15) is 11.4 Å². The van der Waals surface area contributed by atoms with Crippen LogP contribution in [-0.4, -0.2) is 56.0 Å². The fourth-order valence-corrected chi connectivity index (χ4v) is 2.39. The fraction of sp³-hybridized carbons (Fsp3) is 0.611. The first-order chi connectivity index (χ1) is 11.4. The number of amides is 1. The van der Waals surface area contributed by atoms with E-state index in [4.69, 9.17) is 14.2 Å². The Labute approximate surface area is 144 Å². The van der Waals surface area contributed by atoms with E-state index in [2.05, 4.69) is 10.2 Å². The molecule has 0 bridgehead atoms. The first kappa shape index (κ1) is 18.5. The Kier molecular flexibility index (Phi) is 6.87. The van der Waals surface area contributed by atoms with Crippen LogP contribution in [0.3, 0.4) is 0 Å². The van der Waals surface area contributed by atoms with Gasteiger partial charge >= 0.3 is 6.09 Å². The summed E-state index contributed by atoms with van der Waals surface area (Å²) in [7, 11) is 0. The van der Waals surface area contributed by atoms with Gasteiger partial charge in [0.25, 0.3) is 0 Å². The summed E-state index contributed by atoms with van der Waals surface area (Å²) in [5.74, 6) is 0.741. The summed E-state index contributed by atoms with van der Waals surface area (Å²) in [5, 5.41) is 2.72. The third kappa shape index (κ3) is 7.19. The van der Waals surface area contributed by atoms with Crippen molar-refractivity contribution in [2.45, 2.75) is 32.8 Å². The molecule has 0 atom stereocenters. The average Bonchev–Trinajstić information content (AvgIpc) is 2.51. The van der Waals surface area contributed by atoms with Crippen molar-refractivity contribution >= 4 is 11.8 Å². The quantitative estimate of drug-likeness (QED) is 0.809. The van der Waals surface area contributed by atoms with Crippen LogP contribution in [0.4, 0.5) is 10.5 Å². The molecular formula is C18H28N2O4. The standard InChI is InChI=1S/C18H28N2O4/c1-18(2,3)24-17(21)19-15-6-4-7-16(14-15)23-11-5-8-20-9-12-22-13-10-20/h4,6-7,14H,5,8-13H2,1-3H3,(H,19,21). The van der Waals surface area contributed by atoms with Gasteiger partial charge in [-0.05, 0) is 39.3 Å². The predicted molar refractivity (Wildman–Crippen MR) is 93.7 cm³/mol. The minimum absolute atomic E-state index is 0.466. The van der Waals surface area contributed by atoms with Gasteiger partial charge in [0, 0.05) is 31.4 Å². The lowest BCUT2D eigenvalue weighted by molar-refractivity contribution is 0.0358. The van der Waals surface area contributed by atoms with Gasteiger partial charge in [-0.25, -0.2) is 4.79 Å². The number of hydrogen-bond donors (Lipinski definition) is 1. The molecule has 24 heavy (non-hydrogen) atoms. The number of morpholine rings is 1. The first-order valence-electron chi connectivity index (χ1n) is 8.45. The summed E-state index contributed by atoms with van der Waals surface area (Å²) in [6.07, 6.45) is 0.496. The molecule has 1 aromatic carbocycles. The molecule has 1 saturated heterocycles. The van der Waals surface area contributed by atoms with Crippen molar-refractivity contribution in [2.75, 3.05) is 44.8 Å². The minimum Gasteiger partial charge on any atom is -0.493 e. The monoisotopic (exact) mass is 336 g/mol. The molecule has 0 aromatic heterocycles. The van der Waals surface area contributed by atoms with Crippen LogP contribution in [0.15, 0.2) is 24.3 Å². The van der Waals surface area contributed by atoms with Crippen LogP contribution in [0.5, 0.6) is 5.75 Å². The van der Waals surface area contributed by atoms with Crippen molar-refractivity contribution in [1.29, 1.82) is 0 Å². The second-order valence-corrected chi connectivity index (χ2v) is 6.81. The zero-order chi connectivity index (χ0) is 17.4. The Bertz CT molecular complexity index is 522. The van der Waals surface area contributed by atoms with Crippen LogP contribution >= 0.6 is 0 Å². The lowest BCUT2D eigenvalue weighted by Gasteiger charge is -2.26. The molecule has 6 heteroatoms. The summed E-state index contributed by atoms with van der Waals surface area (Å²) in [4.78, 5) is 14.2. The van der Waals surface area contributed by atoms with Crippen molar-refractivity contribution in [3.63, 3.8) is 0 Å². The highest BCUT2D eigenvalue weighted by molar-refractivity contribution is 5.85. The molecule has 1 fully saturated rings. The topological polar surface area (TPSA) is 60.0 Å². The maximum Gasteiger partial charge on any atom is 0.412 e. The highest BCUT2D eigenvalue weighted by Gasteiger charge is 2.16. The third-order valence-electron chi connectivity index (χ3n) is 3.47. The molecule has 1 aliphatic rings. The summed E-state index contributed by atoms with van der Waals surface area (Å²) < 4.78 is 16.3. The number of hydrogen-bond acceptors (Lipinski definition) is 5. The molecular weight excluding hydrogens is 308 g/mol. The average molecular weight is 336 g/mol. The number of rotatable bonds is 6. The van der Waals surface area contributed by atoms with Crippen LogP contribution < -0.4 is 10.1 Å². The molecule has 1 heterocycles. The van der Waals surface area contributed by atoms with Gasteiger partial charge in [-0.3, -0.25) is 10.2 Å². The molecule has 1 aliphatic heterocycles. The van der Waals surface area contributed by atoms with Crippen LogP contribution in [0, 0.1) is 0 Å². The molecule has 1 amide bonds. The Balaban J connectivity index is 1.72. The van der Waals surface area contributed by atoms with Gasteiger partial charge in [0.15, 0.2) is 0 Å². The second-order valence-electron chi connectivity index (χ2n) is 6.81. The van der Waals surface area contributed by atoms with Crippen molar-refractivity contribution < 1.29 is 19.0 Å². The first-order valence-corrected chi connectivity index (χ1v) is 8.45. The number of nitrogens with one attached hydrogen (secondary N) is 1. The third-order valence-corrected chi connectivity index (χ3v) is 3.47. The van der Waals surface area contributed by atoms with Gasteiger partial charge in [-0.15, -0.1) is 0 Å². The summed E-state index contributed by atoms with van der Waals surface area (Å²) in [5.41, 5.74) is 0.146. The maximum atomic E-state index is 11.8. The van der Waals surface area contributed by atoms with E-state index in [0.717, 1.165) is 45.0 Å². The molecule has 0 spiro atoms. The number of nitrogens with zero attached hydrogens (tertiary/aromatic N) is 1. The van der Waals surface area contributed by atoms with Gasteiger partial charge < -0.3 is 14.2 Å². The van der Waals surface area contributed by atoms with Crippen molar-refractivity contribution in [1.82, 2.24) is 4.90 Å². The predicted octanol–water partition coefficient (Wildman–Crippen LogP) is 3.13. The normalized spacial score (nSPS) is 15.8. The van der Waals surface area contributed by atoms with Crippen LogP contribution in [-0.2, 0) is 9.47 Å². The molecule has 0 saturated carbocycles. The summed E-state index contributed by atoms with van der Waals surface area (Å²) in [6.45, 7) is 10.8. The molecule has 6 nitrogen and oxygen atoms in total. The van der Waals surface area contributed by atoms with Gasteiger partial charge in [-0.2, -0.15) is 0 Å². The number of carbonyl (C=O) groups excluding carboxylic acids is 1. The van der Waals surface area contributed by atoms with Crippen molar-refractivity contribution in [2.24, 2.45) is 0 Å². The molecule has 0 aliphatic carbocycles. The van der Waals surface area contributed by atoms with E-state index in [-0.39, 0.29) is 0 Å². The smallest absolute Gasteiger partial charge is 0.412 e. The fourth-order valence-electron chi connectivity index (χ4n) is 2.39. The Hall–Kier alpha value is -1.79. The number of benzene rings is 1. The highest BCUT2D eigenvalue weighted by atomic mass is 16.6. The number of ether oxygens (including phenoxy) is 3. The summed E-state index contributed by atoms with van der Waals surface area (Å²) >= 11 is 0. The van der Waals surface area contributed by atoms with E-state index in [1.54, 1.807) is 6.07 Å². The Morgan fingerprint density at radius 2 is 2.04 bits per heavy atom. The van der Waals surface area contributed by atoms with Gasteiger partial charge in [-0.1, -0.05) is 6.07 Å². The SMILES string of the molecule is CC(C)(C)OC(=O)Nc1cccc(OCCCN2CCOCC2)c1. The lowest BCUT2D eigenvalue weighted by Crippen LogP contribution is -2.37. The molecule has 2 rings (SSSR count). The maximum absolute atomic E-state index is 11.8. The van der Waals surface area contributed by atoms with E-state index in [0.29, 0.717) is 12.3 Å². The molecule has 1 N–H and O–H groups in total. The molecule has 1 aromatic rings. The van der Waals surface area contributed by atoms with Crippen molar-refractivity contribution in [3.8, 4) is 5.75 Å². The van der Waals surface area contributed by atoms with Crippen LogP contribution in [0.1, 0.15) is 27.2 Å². The second kappa shape index (κ2) is 8.89. The van der Waals surface area contributed by atoms with E-state index < -0.39 is 11.7 Å². The van der Waals surface area contributed by atoms with Gasteiger partial charge in [0.2, 0.25) is 0 Å². The number of carbonyl (C=O) groups is 1. The van der Waals surface area contributed by atoms with Crippen molar-refractivity contribution in [3.05, 3.63) is 24.3 Å². The Morgan fingerprint density at radius 1 is 1.29 bits per heavy atom. The zero-order valence-electron chi connectivity index (χ0n) is 14.8. The number of anilines is 1. The zero-order valence-corrected chi connectivity index (χ0v) is 14.8. The Morgan fingerprint density at radius 3 is 2.75 bits per heavy atom. The summed E-state index contributed by atoms with van der Waals surface area (Å²) in [6, 6.07) is 7.35. The highest BCUT2D eigenvalue weighted by Crippen LogP contribution is 2.18. The van der Waals surface area contributed by atoms with Crippen LogP contribution in [0.2, 0.25) is 0 Å². The molecule has 0 radical (unpaired) electrons.